The highest BCUT2D eigenvalue weighted by Gasteiger charge is 2.35. The molecule has 1 aromatic rings. The number of phenolic OH excluding ortho intramolecular Hbond substituents is 1. The minimum Gasteiger partial charge on any atom is -0.504 e. The number of hydrogen-bond acceptors (Lipinski definition) is 6. The molecule has 22 heavy (non-hydrogen) atoms. The summed E-state index contributed by atoms with van der Waals surface area (Å²) in [6.45, 7) is 0.880. The van der Waals surface area contributed by atoms with Crippen LogP contribution in [0.15, 0.2) is 24.3 Å². The van der Waals surface area contributed by atoms with Crippen LogP contribution in [0.1, 0.15) is 25.7 Å². The average molecular weight is 312 g/mol. The third-order valence-electron chi connectivity index (χ3n) is 3.79. The lowest BCUT2D eigenvalue weighted by atomic mass is 9.90. The van der Waals surface area contributed by atoms with Crippen molar-refractivity contribution >= 4 is 0 Å². The van der Waals surface area contributed by atoms with Crippen molar-refractivity contribution in [3.63, 3.8) is 0 Å². The van der Waals surface area contributed by atoms with Gasteiger partial charge in [-0.15, -0.1) is 0 Å². The zero-order valence-corrected chi connectivity index (χ0v) is 12.5. The molecule has 0 aromatic heterocycles. The number of hydrogen-bond donors (Lipinski definition) is 4. The third-order valence-corrected chi connectivity index (χ3v) is 3.79. The molecule has 0 radical (unpaired) electrons. The van der Waals surface area contributed by atoms with Gasteiger partial charge in [0.2, 0.25) is 0 Å². The largest absolute Gasteiger partial charge is 0.504 e. The van der Waals surface area contributed by atoms with Crippen molar-refractivity contribution in [2.75, 3.05) is 13.2 Å². The van der Waals surface area contributed by atoms with E-state index in [2.05, 4.69) is 0 Å². The highest BCUT2D eigenvalue weighted by Crippen LogP contribution is 2.25. The van der Waals surface area contributed by atoms with Crippen LogP contribution in [0.5, 0.6) is 11.5 Å². The molecule has 0 aliphatic heterocycles. The Morgan fingerprint density at radius 1 is 1.00 bits per heavy atom. The van der Waals surface area contributed by atoms with E-state index in [1.165, 1.54) is 0 Å². The number of ether oxygens (including phenoxy) is 2. The number of benzene rings is 1. The Hall–Kier alpha value is -1.34. The van der Waals surface area contributed by atoms with Crippen LogP contribution in [0.2, 0.25) is 0 Å². The van der Waals surface area contributed by atoms with Crippen molar-refractivity contribution in [1.29, 1.82) is 0 Å². The summed E-state index contributed by atoms with van der Waals surface area (Å²) < 4.78 is 11.0. The number of para-hydroxylation sites is 2. The molecule has 6 heteroatoms. The number of aliphatic hydroxyl groups excluding tert-OH is 3. The van der Waals surface area contributed by atoms with Gasteiger partial charge < -0.3 is 29.9 Å². The van der Waals surface area contributed by atoms with Crippen molar-refractivity contribution in [2.24, 2.45) is 0 Å². The monoisotopic (exact) mass is 312 g/mol. The van der Waals surface area contributed by atoms with Gasteiger partial charge in [-0.3, -0.25) is 0 Å². The first-order valence-corrected chi connectivity index (χ1v) is 7.64. The standard InChI is InChI=1S/C16H24O6/c17-11-9-13(19)16(20)15(10-11)22-8-4-3-7-21-14-6-2-1-5-12(14)18/h1-2,5-6,11,13,15-20H,3-4,7-10H2. The Morgan fingerprint density at radius 2 is 1.73 bits per heavy atom. The van der Waals surface area contributed by atoms with E-state index in [1.807, 2.05) is 0 Å². The predicted octanol–water partition coefficient (Wildman–Crippen LogP) is 0.813. The molecule has 1 saturated carbocycles. The van der Waals surface area contributed by atoms with Gasteiger partial charge in [-0.1, -0.05) is 12.1 Å². The maximum absolute atomic E-state index is 9.80. The van der Waals surface area contributed by atoms with Crippen molar-refractivity contribution < 1.29 is 29.9 Å². The Bertz CT molecular complexity index is 452. The summed E-state index contributed by atoms with van der Waals surface area (Å²) in [4.78, 5) is 0. The van der Waals surface area contributed by atoms with Gasteiger partial charge in [0, 0.05) is 19.4 Å². The molecule has 0 amide bonds. The molecule has 0 saturated heterocycles. The Labute approximate surface area is 129 Å². The van der Waals surface area contributed by atoms with Crippen LogP contribution < -0.4 is 4.74 Å². The van der Waals surface area contributed by atoms with Gasteiger partial charge in [0.05, 0.1) is 24.9 Å². The molecule has 1 aliphatic rings. The first-order valence-electron chi connectivity index (χ1n) is 7.64. The maximum atomic E-state index is 9.80. The second-order valence-electron chi connectivity index (χ2n) is 5.62. The van der Waals surface area contributed by atoms with E-state index in [0.29, 0.717) is 25.4 Å². The van der Waals surface area contributed by atoms with Crippen LogP contribution in [-0.4, -0.2) is 58.1 Å². The molecule has 4 N–H and O–H groups in total. The van der Waals surface area contributed by atoms with E-state index in [0.717, 1.165) is 12.8 Å². The van der Waals surface area contributed by atoms with E-state index in [4.69, 9.17) is 9.47 Å². The fourth-order valence-electron chi connectivity index (χ4n) is 2.54. The lowest BCUT2D eigenvalue weighted by Crippen LogP contribution is -2.47. The SMILES string of the molecule is Oc1ccccc1OCCCCOC1CC(O)CC(O)C1O. The summed E-state index contributed by atoms with van der Waals surface area (Å²) in [6, 6.07) is 6.79. The quantitative estimate of drug-likeness (QED) is 0.556. The van der Waals surface area contributed by atoms with Crippen LogP contribution in [-0.2, 0) is 4.74 Å². The molecule has 1 aliphatic carbocycles. The summed E-state index contributed by atoms with van der Waals surface area (Å²) in [5, 5.41) is 38.5. The molecular formula is C16H24O6. The third kappa shape index (κ3) is 4.84. The Morgan fingerprint density at radius 3 is 2.50 bits per heavy atom. The second-order valence-corrected chi connectivity index (χ2v) is 5.62. The molecule has 4 unspecified atom stereocenters. The lowest BCUT2D eigenvalue weighted by molar-refractivity contribution is -0.140. The van der Waals surface area contributed by atoms with E-state index in [9.17, 15) is 20.4 Å². The minimum absolute atomic E-state index is 0.118. The van der Waals surface area contributed by atoms with Gasteiger partial charge in [0.25, 0.3) is 0 Å². The fourth-order valence-corrected chi connectivity index (χ4v) is 2.54. The van der Waals surface area contributed by atoms with Gasteiger partial charge in [0.1, 0.15) is 6.10 Å². The molecule has 0 bridgehead atoms. The second kappa shape index (κ2) is 8.33. The van der Waals surface area contributed by atoms with Crippen LogP contribution in [0.25, 0.3) is 0 Å². The first kappa shape index (κ1) is 17.0. The van der Waals surface area contributed by atoms with E-state index in [1.54, 1.807) is 24.3 Å². The van der Waals surface area contributed by atoms with Gasteiger partial charge in [-0.05, 0) is 25.0 Å². The highest BCUT2D eigenvalue weighted by atomic mass is 16.5. The van der Waals surface area contributed by atoms with Crippen molar-refractivity contribution in [3.8, 4) is 11.5 Å². The number of rotatable bonds is 7. The molecule has 2 rings (SSSR count). The predicted molar refractivity (Wildman–Crippen MR) is 79.8 cm³/mol. The number of aliphatic hydroxyl groups is 3. The molecule has 1 aromatic carbocycles. The minimum atomic E-state index is -0.944. The molecule has 1 fully saturated rings. The first-order chi connectivity index (χ1) is 10.6. The van der Waals surface area contributed by atoms with Crippen LogP contribution in [0.3, 0.4) is 0 Å². The van der Waals surface area contributed by atoms with Crippen LogP contribution >= 0.6 is 0 Å². The summed E-state index contributed by atoms with van der Waals surface area (Å²) in [5.74, 6) is 0.574. The van der Waals surface area contributed by atoms with Gasteiger partial charge in [0.15, 0.2) is 11.5 Å². The van der Waals surface area contributed by atoms with Gasteiger partial charge >= 0.3 is 0 Å². The molecule has 4 atom stereocenters. The summed E-state index contributed by atoms with van der Waals surface area (Å²) in [6.07, 6.45) is -1.04. The number of aromatic hydroxyl groups is 1. The van der Waals surface area contributed by atoms with Gasteiger partial charge in [-0.25, -0.2) is 0 Å². The Kier molecular flexibility index (Phi) is 6.45. The molecular weight excluding hydrogens is 288 g/mol. The summed E-state index contributed by atoms with van der Waals surface area (Å²) in [5.41, 5.74) is 0. The molecule has 124 valence electrons. The maximum Gasteiger partial charge on any atom is 0.160 e. The van der Waals surface area contributed by atoms with E-state index < -0.39 is 24.4 Å². The van der Waals surface area contributed by atoms with Crippen LogP contribution in [0, 0.1) is 0 Å². The zero-order chi connectivity index (χ0) is 15.9. The van der Waals surface area contributed by atoms with Crippen molar-refractivity contribution in [3.05, 3.63) is 24.3 Å². The average Bonchev–Trinajstić information content (AvgIpc) is 2.49. The van der Waals surface area contributed by atoms with E-state index in [-0.39, 0.29) is 12.2 Å². The molecule has 6 nitrogen and oxygen atoms in total. The number of unbranched alkanes of at least 4 members (excludes halogenated alkanes) is 1. The normalized spacial score (nSPS) is 28.5. The van der Waals surface area contributed by atoms with Crippen LogP contribution in [0.4, 0.5) is 0 Å². The number of phenols is 1. The smallest absolute Gasteiger partial charge is 0.160 e. The van der Waals surface area contributed by atoms with Gasteiger partial charge in [-0.2, -0.15) is 0 Å². The highest BCUT2D eigenvalue weighted by molar-refractivity contribution is 5.37. The Balaban J connectivity index is 1.60. The molecule has 0 heterocycles. The van der Waals surface area contributed by atoms with Crippen molar-refractivity contribution in [2.45, 2.75) is 50.1 Å². The zero-order valence-electron chi connectivity index (χ0n) is 12.5. The molecule has 0 spiro atoms. The summed E-state index contributed by atoms with van der Waals surface area (Å²) >= 11 is 0. The van der Waals surface area contributed by atoms with E-state index >= 15 is 0 Å². The fraction of sp³-hybridized carbons (Fsp3) is 0.625. The lowest BCUT2D eigenvalue weighted by Gasteiger charge is -2.34. The topological polar surface area (TPSA) is 99.4 Å². The summed E-state index contributed by atoms with van der Waals surface area (Å²) in [7, 11) is 0. The van der Waals surface area contributed by atoms with Crippen molar-refractivity contribution in [1.82, 2.24) is 0 Å².